The topological polar surface area (TPSA) is 0 Å². The molecule has 0 atom stereocenters. The molecule has 0 unspecified atom stereocenters. The zero-order chi connectivity index (χ0) is 13.9. The van der Waals surface area contributed by atoms with Gasteiger partial charge in [-0.3, -0.25) is 0 Å². The Hall–Kier alpha value is -1.22. The summed E-state index contributed by atoms with van der Waals surface area (Å²) in [6.07, 6.45) is 0. The molecular formula is C20H18Mo2-8. The first-order valence-electron chi connectivity index (χ1n) is 6.74. The second-order valence-corrected chi connectivity index (χ2v) is 4.27. The molecule has 22 heavy (non-hydrogen) atoms. The predicted molar refractivity (Wildman–Crippen MR) is 87.1 cm³/mol. The van der Waals surface area contributed by atoms with Gasteiger partial charge in [0.2, 0.25) is 0 Å². The van der Waals surface area contributed by atoms with Crippen molar-refractivity contribution in [2.24, 2.45) is 0 Å². The van der Waals surface area contributed by atoms with Crippen LogP contribution in [0.3, 0.4) is 0 Å². The van der Waals surface area contributed by atoms with Gasteiger partial charge in [-0.2, -0.15) is 36.4 Å². The third-order valence-corrected chi connectivity index (χ3v) is 2.77. The fraction of sp³-hybridized carbons (Fsp3) is 0. The first kappa shape index (κ1) is 20.8. The van der Waals surface area contributed by atoms with Crippen LogP contribution < -0.4 is 0 Å². The summed E-state index contributed by atoms with van der Waals surface area (Å²) < 4.78 is 0. The van der Waals surface area contributed by atoms with E-state index in [1.807, 2.05) is 60.7 Å². The summed E-state index contributed by atoms with van der Waals surface area (Å²) in [6, 6.07) is 36.7. The van der Waals surface area contributed by atoms with Gasteiger partial charge in [-0.05, 0) is 0 Å². The minimum atomic E-state index is 0. The van der Waals surface area contributed by atoms with Gasteiger partial charge in [0.25, 0.3) is 0 Å². The summed E-state index contributed by atoms with van der Waals surface area (Å²) in [4.78, 5) is 0. The normalized spacial score (nSPS) is 8.18. The molecule has 0 radical (unpaired) electrons. The van der Waals surface area contributed by atoms with Crippen LogP contribution in [0.25, 0.3) is 11.1 Å². The Balaban J connectivity index is 0.000000316. The molecule has 0 aromatic heterocycles. The molecule has 4 rings (SSSR count). The molecule has 0 amide bonds. The van der Waals surface area contributed by atoms with E-state index in [1.54, 1.807) is 0 Å². The first-order chi connectivity index (χ1) is 9.97. The van der Waals surface area contributed by atoms with Crippen LogP contribution in [0.1, 0.15) is 0 Å². The molecule has 0 spiro atoms. The first-order valence-corrected chi connectivity index (χ1v) is 6.74. The fourth-order valence-electron chi connectivity index (χ4n) is 1.77. The Bertz CT molecular complexity index is 505. The second kappa shape index (κ2) is 13.4. The Morgan fingerprint density at radius 3 is 1.27 bits per heavy atom. The molecule has 0 aliphatic heterocycles. The minimum absolute atomic E-state index is 0. The van der Waals surface area contributed by atoms with Crippen LogP contribution in [0.5, 0.6) is 0 Å². The van der Waals surface area contributed by atoms with Crippen molar-refractivity contribution in [1.82, 2.24) is 0 Å². The molecular weight excluding hydrogens is 432 g/mol. The van der Waals surface area contributed by atoms with Gasteiger partial charge >= 0.3 is 0 Å². The van der Waals surface area contributed by atoms with Gasteiger partial charge in [0.15, 0.2) is 0 Å². The summed E-state index contributed by atoms with van der Waals surface area (Å²) in [7, 11) is 0. The van der Waals surface area contributed by atoms with Gasteiger partial charge < -0.3 is 59.7 Å². The summed E-state index contributed by atoms with van der Waals surface area (Å²) in [6.45, 7) is 0. The van der Waals surface area contributed by atoms with E-state index in [-0.39, 0.29) is 42.1 Å². The van der Waals surface area contributed by atoms with Crippen molar-refractivity contribution >= 4 is 0 Å². The summed E-state index contributed by atoms with van der Waals surface area (Å²) >= 11 is 0. The third kappa shape index (κ3) is 8.28. The van der Waals surface area contributed by atoms with Gasteiger partial charge in [-0.25, -0.2) is 24.3 Å². The Morgan fingerprint density at radius 1 is 0.545 bits per heavy atom. The molecule has 0 nitrogen and oxygen atoms in total. The van der Waals surface area contributed by atoms with E-state index in [4.69, 9.17) is 0 Å². The van der Waals surface area contributed by atoms with Gasteiger partial charge in [0.1, 0.15) is 0 Å². The quantitative estimate of drug-likeness (QED) is 0.262. The second-order valence-electron chi connectivity index (χ2n) is 4.27. The molecule has 0 N–H and O–H groups in total. The van der Waals surface area contributed by atoms with Crippen molar-refractivity contribution in [3.05, 3.63) is 109 Å². The maximum Gasteiger partial charge on any atom is 0 e. The molecule has 0 aliphatic carbocycles. The van der Waals surface area contributed by atoms with Crippen molar-refractivity contribution in [1.29, 1.82) is 0 Å². The van der Waals surface area contributed by atoms with E-state index >= 15 is 0 Å². The van der Waals surface area contributed by atoms with E-state index in [1.165, 1.54) is 11.1 Å². The van der Waals surface area contributed by atoms with Crippen molar-refractivity contribution in [2.45, 2.75) is 0 Å². The Kier molecular flexibility index (Phi) is 12.7. The Morgan fingerprint density at radius 2 is 0.955 bits per heavy atom. The monoisotopic (exact) mass is 454 g/mol. The number of hydrogen-bond acceptors (Lipinski definition) is 0. The van der Waals surface area contributed by atoms with Crippen molar-refractivity contribution in [3.63, 3.8) is 0 Å². The molecule has 0 aliphatic rings. The maximum atomic E-state index is 2.12. The molecule has 4 aromatic rings. The van der Waals surface area contributed by atoms with Crippen LogP contribution in [-0.2, 0) is 42.1 Å². The Labute approximate surface area is 161 Å². The predicted octanol–water partition coefficient (Wildman–Crippen LogP) is 5.60. The van der Waals surface area contributed by atoms with Crippen molar-refractivity contribution in [2.75, 3.05) is 0 Å². The molecule has 0 saturated heterocycles. The van der Waals surface area contributed by atoms with Crippen molar-refractivity contribution in [3.8, 4) is 11.1 Å². The average molecular weight is 450 g/mol. The fourth-order valence-corrected chi connectivity index (χ4v) is 1.77. The van der Waals surface area contributed by atoms with Gasteiger partial charge in [-0.1, -0.05) is 0 Å². The molecule has 0 fully saturated rings. The van der Waals surface area contributed by atoms with E-state index in [2.05, 4.69) is 48.5 Å². The maximum absolute atomic E-state index is 2.12. The van der Waals surface area contributed by atoms with Crippen molar-refractivity contribution < 1.29 is 42.1 Å². The molecule has 0 saturated carbocycles. The average Bonchev–Trinajstić information content (AvgIpc) is 3.35. The number of rotatable bonds is 1. The summed E-state index contributed by atoms with van der Waals surface area (Å²) in [5.41, 5.74) is 2.62. The van der Waals surface area contributed by atoms with Gasteiger partial charge in [-0.15, -0.1) is 0 Å². The summed E-state index contributed by atoms with van der Waals surface area (Å²) in [5, 5.41) is 0. The minimum Gasteiger partial charge on any atom is -0.565 e. The molecule has 0 bridgehead atoms. The standard InChI is InChI=1S/C10H8.2C5H5.2Mo/c1-2-6-9(5-1)10-7-3-4-8-10;2*1-2-4-5-3-1;;/h1-8H;2*1-5H;;/q-6;2*-1;;. The van der Waals surface area contributed by atoms with Crippen LogP contribution >= 0.6 is 0 Å². The third-order valence-electron chi connectivity index (χ3n) is 2.77. The van der Waals surface area contributed by atoms with Gasteiger partial charge in [0.05, 0.1) is 0 Å². The van der Waals surface area contributed by atoms with E-state index in [9.17, 15) is 0 Å². The summed E-state index contributed by atoms with van der Waals surface area (Å²) in [5.74, 6) is 0. The van der Waals surface area contributed by atoms with E-state index < -0.39 is 0 Å². The smallest absolute Gasteiger partial charge is 0 e. The van der Waals surface area contributed by atoms with Crippen LogP contribution in [0.15, 0.2) is 109 Å². The van der Waals surface area contributed by atoms with Crippen LogP contribution in [0.2, 0.25) is 0 Å². The molecule has 2 heteroatoms. The van der Waals surface area contributed by atoms with Crippen LogP contribution in [0.4, 0.5) is 0 Å². The van der Waals surface area contributed by atoms with Gasteiger partial charge in [0, 0.05) is 42.1 Å². The van der Waals surface area contributed by atoms with Crippen LogP contribution in [-0.4, -0.2) is 0 Å². The molecule has 118 valence electrons. The molecule has 0 heterocycles. The number of hydrogen-bond donors (Lipinski definition) is 0. The SMILES string of the molecule is [Mo].[Mo].c1cc[c-](-[c-]2[cH-][cH-][cH-][cH-]2)c1.c1cc[cH-]c1.c1cc[cH-]c1. The molecule has 4 aromatic carbocycles. The van der Waals surface area contributed by atoms with E-state index in [0.717, 1.165) is 0 Å². The zero-order valence-electron chi connectivity index (χ0n) is 12.2. The largest absolute Gasteiger partial charge is 0.565 e. The van der Waals surface area contributed by atoms with Crippen LogP contribution in [0, 0.1) is 0 Å². The zero-order valence-corrected chi connectivity index (χ0v) is 16.2. The van der Waals surface area contributed by atoms with E-state index in [0.29, 0.717) is 0 Å².